The van der Waals surface area contributed by atoms with Crippen LogP contribution in [0.5, 0.6) is 0 Å². The van der Waals surface area contributed by atoms with Crippen LogP contribution in [0.4, 0.5) is 11.4 Å². The summed E-state index contributed by atoms with van der Waals surface area (Å²) in [6, 6.07) is 11.0. The summed E-state index contributed by atoms with van der Waals surface area (Å²) in [5.41, 5.74) is 3.07. The van der Waals surface area contributed by atoms with Crippen molar-refractivity contribution in [1.29, 1.82) is 0 Å². The van der Waals surface area contributed by atoms with Crippen molar-refractivity contribution in [2.45, 2.75) is 194 Å². The fourth-order valence-corrected chi connectivity index (χ4v) is 15.3. The lowest BCUT2D eigenvalue weighted by atomic mass is 9.74. The van der Waals surface area contributed by atoms with Gasteiger partial charge in [0.05, 0.1) is 22.4 Å². The zero-order chi connectivity index (χ0) is 69.0. The van der Waals surface area contributed by atoms with Crippen molar-refractivity contribution in [1.82, 2.24) is 26.3 Å². The molecule has 8 rings (SSSR count). The fraction of sp³-hybridized carbons (Fsp3) is 0.485. The number of hydrogen-bond donors (Lipinski definition) is 7. The number of nitrogens with one attached hydrogen (secondary N) is 4. The topological polar surface area (TPSA) is 350 Å². The Morgan fingerprint density at radius 3 is 1.94 bits per heavy atom. The maximum atomic E-state index is 13.7. The number of nitrogens with zero attached hydrogens (tertiary/aromatic N) is 3. The van der Waals surface area contributed by atoms with Gasteiger partial charge in [0.2, 0.25) is 23.6 Å². The van der Waals surface area contributed by atoms with Gasteiger partial charge in [-0.15, -0.1) is 5.06 Å². The molecule has 514 valence electrons. The first kappa shape index (κ1) is 73.0. The van der Waals surface area contributed by atoms with E-state index in [4.69, 9.17) is 4.84 Å². The van der Waals surface area contributed by atoms with E-state index in [2.05, 4.69) is 57.1 Å². The number of unbranched alkanes of at least 4 members (excludes halogenated alkanes) is 2. The van der Waals surface area contributed by atoms with Gasteiger partial charge in [-0.1, -0.05) is 88.6 Å². The zero-order valence-corrected chi connectivity index (χ0v) is 56.9. The number of hydrogen-bond acceptors (Lipinski definition) is 16. The molecule has 4 aliphatic heterocycles. The predicted octanol–water partition coefficient (Wildman–Crippen LogP) is 8.94. The van der Waals surface area contributed by atoms with E-state index in [1.165, 1.54) is 18.2 Å². The Labute approximate surface area is 555 Å². The van der Waals surface area contributed by atoms with E-state index < -0.39 is 86.6 Å². The van der Waals surface area contributed by atoms with Gasteiger partial charge >= 0.3 is 5.97 Å². The van der Waals surface area contributed by atoms with Crippen LogP contribution in [0.25, 0.3) is 21.5 Å². The summed E-state index contributed by atoms with van der Waals surface area (Å²) in [6.07, 6.45) is 20.5. The lowest BCUT2D eigenvalue weighted by Gasteiger charge is -2.35. The molecule has 95 heavy (non-hydrogen) atoms. The molecule has 0 aliphatic carbocycles. The molecule has 0 saturated carbocycles. The van der Waals surface area contributed by atoms with Crippen molar-refractivity contribution in [3.8, 4) is 0 Å². The van der Waals surface area contributed by atoms with E-state index >= 15 is 0 Å². The number of benzene rings is 4. The van der Waals surface area contributed by atoms with Crippen LogP contribution in [0, 0.1) is 6.92 Å². The van der Waals surface area contributed by atoms with E-state index in [-0.39, 0.29) is 91.7 Å². The summed E-state index contributed by atoms with van der Waals surface area (Å²) in [4.78, 5) is 97.0. The second-order valence-corrected chi connectivity index (χ2v) is 29.4. The lowest BCUT2D eigenvalue weighted by Crippen LogP contribution is -2.47. The highest BCUT2D eigenvalue weighted by molar-refractivity contribution is 7.87. The van der Waals surface area contributed by atoms with Gasteiger partial charge < -0.3 is 35.9 Å². The molecule has 4 atom stereocenters. The Balaban J connectivity index is 1.05. The lowest BCUT2D eigenvalue weighted by molar-refractivity contribution is -0.197. The predicted molar refractivity (Wildman–Crippen MR) is 359 cm³/mol. The van der Waals surface area contributed by atoms with Crippen LogP contribution >= 0.6 is 0 Å². The molecule has 0 spiro atoms. The Hall–Kier alpha value is -7.82. The van der Waals surface area contributed by atoms with E-state index in [0.717, 1.165) is 33.8 Å². The molecular weight excluding hydrogens is 1280 g/mol. The highest BCUT2D eigenvalue weighted by atomic mass is 32.2. The number of hydroxylamine groups is 2. The van der Waals surface area contributed by atoms with Gasteiger partial charge in [-0.05, 0) is 160 Å². The molecule has 0 bridgehead atoms. The average Bonchev–Trinajstić information content (AvgIpc) is 1.58. The van der Waals surface area contributed by atoms with E-state index in [1.807, 2.05) is 63.3 Å². The molecule has 7 N–H and O–H groups in total. The number of anilines is 2. The molecule has 4 heterocycles. The molecule has 0 aromatic heterocycles. The van der Waals surface area contributed by atoms with Crippen LogP contribution in [-0.2, 0) is 79.6 Å². The Morgan fingerprint density at radius 1 is 0.632 bits per heavy atom. The Kier molecular flexibility index (Phi) is 24.1. The van der Waals surface area contributed by atoms with E-state index in [9.17, 15) is 72.5 Å². The van der Waals surface area contributed by atoms with Crippen LogP contribution in [0.15, 0.2) is 111 Å². The highest BCUT2D eigenvalue weighted by Gasteiger charge is 2.47. The van der Waals surface area contributed by atoms with Crippen LogP contribution in [0.1, 0.15) is 166 Å². The van der Waals surface area contributed by atoms with Crippen LogP contribution in [0.3, 0.4) is 0 Å². The molecule has 4 unspecified atom stereocenters. The molecule has 1 fully saturated rings. The Morgan fingerprint density at radius 2 is 1.26 bits per heavy atom. The highest BCUT2D eigenvalue weighted by Crippen LogP contribution is 2.54. The number of amides is 6. The third kappa shape index (κ3) is 17.4. The summed E-state index contributed by atoms with van der Waals surface area (Å²) in [7, 11) is -14.5. The van der Waals surface area contributed by atoms with Gasteiger partial charge in [0.1, 0.15) is 10.9 Å². The number of rotatable bonds is 13. The molecule has 0 radical (unpaired) electrons. The van der Waals surface area contributed by atoms with Crippen molar-refractivity contribution in [2.75, 3.05) is 42.5 Å². The molecule has 4 aromatic rings. The zero-order valence-electron chi connectivity index (χ0n) is 54.4. The van der Waals surface area contributed by atoms with Crippen molar-refractivity contribution in [2.24, 2.45) is 0 Å². The van der Waals surface area contributed by atoms with Crippen molar-refractivity contribution >= 4 is 105 Å². The quantitative estimate of drug-likeness (QED) is 0.0373. The number of imide groups is 1. The number of allylic oxidation sites excluding steroid dienone is 7. The first-order chi connectivity index (χ1) is 45.0. The minimum atomic E-state index is -5.02. The van der Waals surface area contributed by atoms with Crippen LogP contribution in [0.2, 0.25) is 0 Å². The standard InChI is InChI=1S/C68H87N7O17S3/c1-6-67(4)56-25-14-9-8-10-15-26-57-68(5,7-2)65-51-42-47(94(86,87)88)43-55(95(89,90)91)49(51)31-33-54(65)74(57)39-23-13-17-28-59(77)72-52(66(82)70-37-20-11-18-29-63(81)92-75-61(79)34-35-62(75)80)24-19-21-36-69-60(78)44-71-58(76)27-16-12-22-38-73(56)53-32-30-48-45(3)40-46(93(83,84)85)41-50(48)64(53)67/h8-10,14-15,25-26,30-33,40-43,52,56H,6-7,11-13,16-24,27-29,34-39,44H2,1-5H3,(H,69,78)(H,70,82)(H,71,76)(H,72,77)(H,83,84,85)(H,86,87,88)(H,89,90,91). The van der Waals surface area contributed by atoms with Crippen molar-refractivity contribution in [3.63, 3.8) is 0 Å². The van der Waals surface area contributed by atoms with Gasteiger partial charge in [0, 0.05) is 91.6 Å². The number of carbonyl (C=O) groups is 7. The minimum absolute atomic E-state index is 0.0213. The van der Waals surface area contributed by atoms with E-state index in [0.29, 0.717) is 118 Å². The number of fused-ring (bicyclic) bond motifs is 10. The number of carbonyl (C=O) groups excluding carboxylic acids is 7. The monoisotopic (exact) mass is 1370 g/mol. The summed E-state index contributed by atoms with van der Waals surface area (Å²) in [6.45, 7) is 11.1. The molecule has 4 aromatic carbocycles. The van der Waals surface area contributed by atoms with Gasteiger partial charge in [0.25, 0.3) is 42.2 Å². The molecule has 4 aliphatic rings. The first-order valence-corrected chi connectivity index (χ1v) is 36.9. The number of aryl methyl sites for hydroxylation is 1. The largest absolute Gasteiger partial charge is 0.364 e. The summed E-state index contributed by atoms with van der Waals surface area (Å²) < 4.78 is 107. The maximum Gasteiger partial charge on any atom is 0.333 e. The van der Waals surface area contributed by atoms with Crippen LogP contribution in [-0.4, -0.2) is 130 Å². The van der Waals surface area contributed by atoms with Gasteiger partial charge in [-0.3, -0.25) is 42.4 Å². The smallest absolute Gasteiger partial charge is 0.333 e. The molecule has 24 nitrogen and oxygen atoms in total. The summed E-state index contributed by atoms with van der Waals surface area (Å²) in [5.74, 6) is -3.35. The third-order valence-corrected chi connectivity index (χ3v) is 21.3. The first-order valence-electron chi connectivity index (χ1n) is 32.6. The van der Waals surface area contributed by atoms with Gasteiger partial charge in [-0.2, -0.15) is 25.3 Å². The SMILES string of the molecule is CCC1(C)C2=CC=CC=CC=CC3N(CCCCCC(=O)NCC(=O)NCCCCC(C(=O)NCCCCCC(=O)ON4C(=O)CCC4=O)NC(=O)CCCCCN2c2ccc4c(S(=O)(=O)O)cc(S(=O)(=O)O)cc4c21)c1ccc2c(C)cc(S(=O)(=O)O)cc2c1C3(C)CC. The maximum absolute atomic E-state index is 13.7. The summed E-state index contributed by atoms with van der Waals surface area (Å²) >= 11 is 0. The van der Waals surface area contributed by atoms with Crippen molar-refractivity contribution < 1.29 is 77.3 Å². The summed E-state index contributed by atoms with van der Waals surface area (Å²) in [5, 5.41) is 13.6. The second kappa shape index (κ2) is 31.4. The second-order valence-electron chi connectivity index (χ2n) is 25.2. The van der Waals surface area contributed by atoms with Gasteiger partial charge in [0.15, 0.2) is 0 Å². The average molecular weight is 1370 g/mol. The van der Waals surface area contributed by atoms with Gasteiger partial charge in [-0.25, -0.2) is 4.79 Å². The molecule has 1 saturated heterocycles. The fourth-order valence-electron chi connectivity index (χ4n) is 13.4. The third-order valence-electron chi connectivity index (χ3n) is 18.7. The molecule has 6 amide bonds. The van der Waals surface area contributed by atoms with E-state index in [1.54, 1.807) is 12.1 Å². The minimum Gasteiger partial charge on any atom is -0.364 e. The normalized spacial score (nSPS) is 22.1. The molecular formula is C68H87N7O17S3. The Bertz CT molecular complexity index is 4100. The van der Waals surface area contributed by atoms with Crippen molar-refractivity contribution in [3.05, 3.63) is 113 Å². The molecule has 27 heteroatoms. The van der Waals surface area contributed by atoms with Crippen LogP contribution < -0.4 is 31.1 Å².